The van der Waals surface area contributed by atoms with Crippen LogP contribution in [0.25, 0.3) is 0 Å². The van der Waals surface area contributed by atoms with Crippen LogP contribution in [-0.2, 0) is 23.8 Å². The first-order valence-corrected chi connectivity index (χ1v) is 6.88. The van der Waals surface area contributed by atoms with E-state index in [9.17, 15) is 22.8 Å². The Morgan fingerprint density at radius 1 is 1.12 bits per heavy atom. The molecular formula is C15H14F3NO6. The van der Waals surface area contributed by atoms with Crippen LogP contribution in [-0.4, -0.2) is 45.9 Å². The van der Waals surface area contributed by atoms with Gasteiger partial charge >= 0.3 is 18.3 Å². The predicted molar refractivity (Wildman–Crippen MR) is 77.5 cm³/mol. The van der Waals surface area contributed by atoms with Crippen LogP contribution in [0, 0.1) is 0 Å². The average molecular weight is 361 g/mol. The molecule has 0 atom stereocenters. The highest BCUT2D eigenvalue weighted by molar-refractivity contribution is 6.03. The van der Waals surface area contributed by atoms with E-state index in [-0.39, 0.29) is 30.3 Å². The summed E-state index contributed by atoms with van der Waals surface area (Å²) in [5, 5.41) is 0. The lowest BCUT2D eigenvalue weighted by Crippen LogP contribution is -2.39. The lowest BCUT2D eigenvalue weighted by molar-refractivity contribution is -0.274. The number of carbonyl (C=O) groups is 2. The first-order valence-electron chi connectivity index (χ1n) is 6.88. The Morgan fingerprint density at radius 3 is 2.36 bits per heavy atom. The monoisotopic (exact) mass is 361 g/mol. The fourth-order valence-corrected chi connectivity index (χ4v) is 2.22. The number of benzene rings is 1. The standard InChI is InChI=1S/C15H14F3NO6/c1-22-13(20)9-7-24-8-19(12(9)14(21)23-2)10-5-3-4-6-11(10)25-15(16,17)18/h3-6H,7-8H2,1-2H3. The summed E-state index contributed by atoms with van der Waals surface area (Å²) in [6, 6.07) is 5.13. The fourth-order valence-electron chi connectivity index (χ4n) is 2.22. The summed E-state index contributed by atoms with van der Waals surface area (Å²) in [4.78, 5) is 25.1. The van der Waals surface area contributed by atoms with Crippen molar-refractivity contribution in [1.82, 2.24) is 0 Å². The van der Waals surface area contributed by atoms with Crippen LogP contribution in [0.1, 0.15) is 0 Å². The summed E-state index contributed by atoms with van der Waals surface area (Å²) < 4.78 is 56.3. The Kier molecular flexibility index (Phi) is 5.52. The van der Waals surface area contributed by atoms with Crippen LogP contribution >= 0.6 is 0 Å². The van der Waals surface area contributed by atoms with Crippen molar-refractivity contribution in [3.8, 4) is 5.75 Å². The highest BCUT2D eigenvalue weighted by Gasteiger charge is 2.36. The van der Waals surface area contributed by atoms with Gasteiger partial charge in [-0.15, -0.1) is 13.2 Å². The maximum Gasteiger partial charge on any atom is 0.573 e. The largest absolute Gasteiger partial charge is 0.573 e. The minimum atomic E-state index is -4.94. The zero-order chi connectivity index (χ0) is 18.6. The van der Waals surface area contributed by atoms with E-state index in [0.29, 0.717) is 0 Å². The molecule has 0 aliphatic carbocycles. The molecule has 0 unspecified atom stereocenters. The summed E-state index contributed by atoms with van der Waals surface area (Å²) in [5.74, 6) is -2.35. The highest BCUT2D eigenvalue weighted by Crippen LogP contribution is 2.36. The Bertz CT molecular complexity index is 701. The van der Waals surface area contributed by atoms with Crippen LogP contribution < -0.4 is 9.64 Å². The maximum absolute atomic E-state index is 12.6. The van der Waals surface area contributed by atoms with Gasteiger partial charge in [0.2, 0.25) is 0 Å². The van der Waals surface area contributed by atoms with Crippen molar-refractivity contribution in [3.63, 3.8) is 0 Å². The number of halogens is 3. The van der Waals surface area contributed by atoms with E-state index >= 15 is 0 Å². The molecule has 1 aliphatic heterocycles. The lowest BCUT2D eigenvalue weighted by Gasteiger charge is -2.32. The Hall–Kier alpha value is -2.75. The quantitative estimate of drug-likeness (QED) is 0.759. The SMILES string of the molecule is COC(=O)C1=C(C(=O)OC)N(c2ccccc2OC(F)(F)F)COC1. The molecule has 0 N–H and O–H groups in total. The van der Waals surface area contributed by atoms with Crippen molar-refractivity contribution in [2.24, 2.45) is 0 Å². The van der Waals surface area contributed by atoms with Crippen molar-refractivity contribution in [3.05, 3.63) is 35.5 Å². The van der Waals surface area contributed by atoms with E-state index in [0.717, 1.165) is 25.2 Å². The number of anilines is 1. The number of rotatable bonds is 4. The molecule has 0 fully saturated rings. The Labute approximate surface area is 140 Å². The van der Waals surface area contributed by atoms with Crippen LogP contribution in [0.2, 0.25) is 0 Å². The third-order valence-corrected chi connectivity index (χ3v) is 3.21. The molecule has 1 aliphatic rings. The van der Waals surface area contributed by atoms with Gasteiger partial charge in [0.25, 0.3) is 0 Å². The molecule has 0 amide bonds. The zero-order valence-corrected chi connectivity index (χ0v) is 13.3. The van der Waals surface area contributed by atoms with E-state index in [4.69, 9.17) is 4.74 Å². The number of carbonyl (C=O) groups excluding carboxylic acids is 2. The molecule has 0 saturated heterocycles. The summed E-state index contributed by atoms with van der Waals surface area (Å²) >= 11 is 0. The molecule has 10 heteroatoms. The molecule has 136 valence electrons. The first kappa shape index (κ1) is 18.6. The van der Waals surface area contributed by atoms with Gasteiger partial charge in [0.05, 0.1) is 32.1 Å². The normalized spacial score (nSPS) is 15.0. The molecule has 1 aromatic carbocycles. The van der Waals surface area contributed by atoms with Crippen LogP contribution in [0.5, 0.6) is 5.75 Å². The molecule has 0 aromatic heterocycles. The van der Waals surface area contributed by atoms with Crippen LogP contribution in [0.15, 0.2) is 35.5 Å². The van der Waals surface area contributed by atoms with E-state index < -0.39 is 24.1 Å². The fraction of sp³-hybridized carbons (Fsp3) is 0.333. The number of esters is 2. The molecule has 0 bridgehead atoms. The van der Waals surface area contributed by atoms with Crippen molar-refractivity contribution in [1.29, 1.82) is 0 Å². The Balaban J connectivity index is 2.57. The maximum atomic E-state index is 12.6. The second kappa shape index (κ2) is 7.43. The summed E-state index contributed by atoms with van der Waals surface area (Å²) in [6.45, 7) is -0.543. The average Bonchev–Trinajstić information content (AvgIpc) is 2.58. The third-order valence-electron chi connectivity index (χ3n) is 3.21. The van der Waals surface area contributed by atoms with Gasteiger partial charge in [-0.2, -0.15) is 0 Å². The first-order chi connectivity index (χ1) is 11.8. The van der Waals surface area contributed by atoms with E-state index in [1.807, 2.05) is 0 Å². The van der Waals surface area contributed by atoms with Gasteiger partial charge in [0.1, 0.15) is 12.4 Å². The number of ether oxygens (including phenoxy) is 4. The summed E-state index contributed by atoms with van der Waals surface area (Å²) in [5.41, 5.74) is -0.581. The lowest BCUT2D eigenvalue weighted by atomic mass is 10.1. The van der Waals surface area contributed by atoms with Gasteiger partial charge in [-0.1, -0.05) is 12.1 Å². The summed E-state index contributed by atoms with van der Waals surface area (Å²) in [6.07, 6.45) is -4.94. The Morgan fingerprint density at radius 2 is 1.76 bits per heavy atom. The second-order valence-corrected chi connectivity index (χ2v) is 4.73. The molecule has 25 heavy (non-hydrogen) atoms. The highest BCUT2D eigenvalue weighted by atomic mass is 19.4. The zero-order valence-electron chi connectivity index (χ0n) is 13.3. The van der Waals surface area contributed by atoms with Crippen molar-refractivity contribution in [2.45, 2.75) is 6.36 Å². The van der Waals surface area contributed by atoms with Crippen molar-refractivity contribution >= 4 is 17.6 Å². The molecule has 1 aromatic rings. The number of para-hydroxylation sites is 2. The van der Waals surface area contributed by atoms with Gasteiger partial charge < -0.3 is 23.8 Å². The van der Waals surface area contributed by atoms with E-state index in [1.54, 1.807) is 0 Å². The van der Waals surface area contributed by atoms with Gasteiger partial charge in [0.15, 0.2) is 5.75 Å². The number of alkyl halides is 3. The third kappa shape index (κ3) is 4.21. The van der Waals surface area contributed by atoms with Crippen molar-refractivity contribution in [2.75, 3.05) is 32.5 Å². The molecule has 2 rings (SSSR count). The van der Waals surface area contributed by atoms with Gasteiger partial charge in [-0.25, -0.2) is 9.59 Å². The second-order valence-electron chi connectivity index (χ2n) is 4.73. The number of hydrogen-bond acceptors (Lipinski definition) is 7. The molecule has 0 saturated carbocycles. The molecule has 0 radical (unpaired) electrons. The minimum Gasteiger partial charge on any atom is -0.466 e. The van der Waals surface area contributed by atoms with E-state index in [1.165, 1.54) is 18.2 Å². The topological polar surface area (TPSA) is 74.3 Å². The van der Waals surface area contributed by atoms with Crippen LogP contribution in [0.3, 0.4) is 0 Å². The van der Waals surface area contributed by atoms with Gasteiger partial charge in [-0.05, 0) is 12.1 Å². The van der Waals surface area contributed by atoms with Crippen LogP contribution in [0.4, 0.5) is 18.9 Å². The van der Waals surface area contributed by atoms with Crippen molar-refractivity contribution < 1.29 is 41.7 Å². The smallest absolute Gasteiger partial charge is 0.466 e. The number of hydrogen-bond donors (Lipinski definition) is 0. The number of nitrogens with zero attached hydrogens (tertiary/aromatic N) is 1. The minimum absolute atomic E-state index is 0.124. The van der Waals surface area contributed by atoms with Gasteiger partial charge in [0, 0.05) is 0 Å². The van der Waals surface area contributed by atoms with E-state index in [2.05, 4.69) is 14.2 Å². The molecule has 0 spiro atoms. The molecular weight excluding hydrogens is 347 g/mol. The molecule has 7 nitrogen and oxygen atoms in total. The number of methoxy groups -OCH3 is 2. The summed E-state index contributed by atoms with van der Waals surface area (Å²) in [7, 11) is 2.18. The van der Waals surface area contributed by atoms with Gasteiger partial charge in [-0.3, -0.25) is 0 Å². The molecule has 1 heterocycles. The predicted octanol–water partition coefficient (Wildman–Crippen LogP) is 1.98.